The summed E-state index contributed by atoms with van der Waals surface area (Å²) in [5, 5.41) is 0. The van der Waals surface area contributed by atoms with Crippen LogP contribution in [-0.4, -0.2) is 41.2 Å². The van der Waals surface area contributed by atoms with Crippen LogP contribution in [0.4, 0.5) is 19.0 Å². The monoisotopic (exact) mass is 317 g/mol. The van der Waals surface area contributed by atoms with Crippen molar-refractivity contribution in [2.24, 2.45) is 5.92 Å². The topological polar surface area (TPSA) is 72.4 Å². The number of carbonyl (C=O) groups is 2. The van der Waals surface area contributed by atoms with Crippen LogP contribution in [0.15, 0.2) is 18.6 Å². The third kappa shape index (κ3) is 4.40. The summed E-state index contributed by atoms with van der Waals surface area (Å²) in [5.74, 6) is -2.99. The van der Waals surface area contributed by atoms with Crippen molar-refractivity contribution < 1.29 is 27.5 Å². The standard InChI is InChI=1S/C13H14F3N3O3/c14-13(15,16)12(21)22-11(20)7-9-1-5-19(6-2-9)10-8-17-3-4-18-10/h3-4,8-9H,1-2,5-7H2. The Balaban J connectivity index is 1.78. The Hall–Kier alpha value is -2.19. The number of carbonyl (C=O) groups excluding carboxylic acids is 2. The highest BCUT2D eigenvalue weighted by atomic mass is 19.4. The molecule has 0 amide bonds. The minimum Gasteiger partial charge on any atom is -0.386 e. The number of halogens is 3. The van der Waals surface area contributed by atoms with Gasteiger partial charge in [-0.15, -0.1) is 0 Å². The second kappa shape index (κ2) is 6.71. The molecular weight excluding hydrogens is 303 g/mol. The van der Waals surface area contributed by atoms with Crippen molar-refractivity contribution in [1.82, 2.24) is 9.97 Å². The lowest BCUT2D eigenvalue weighted by molar-refractivity contribution is -0.202. The summed E-state index contributed by atoms with van der Waals surface area (Å²) in [7, 11) is 0. The van der Waals surface area contributed by atoms with E-state index in [2.05, 4.69) is 14.7 Å². The van der Waals surface area contributed by atoms with Crippen LogP contribution in [0.5, 0.6) is 0 Å². The fraction of sp³-hybridized carbons (Fsp3) is 0.538. The maximum Gasteiger partial charge on any atom is 0.491 e. The van der Waals surface area contributed by atoms with Crippen molar-refractivity contribution in [3.05, 3.63) is 18.6 Å². The van der Waals surface area contributed by atoms with Gasteiger partial charge in [-0.3, -0.25) is 9.78 Å². The molecular formula is C13H14F3N3O3. The van der Waals surface area contributed by atoms with Crippen molar-refractivity contribution >= 4 is 17.8 Å². The molecule has 22 heavy (non-hydrogen) atoms. The molecule has 0 spiro atoms. The molecule has 1 fully saturated rings. The fourth-order valence-corrected chi connectivity index (χ4v) is 2.26. The molecule has 1 saturated heterocycles. The lowest BCUT2D eigenvalue weighted by Gasteiger charge is -2.32. The van der Waals surface area contributed by atoms with Gasteiger partial charge in [-0.2, -0.15) is 13.2 Å². The number of alkyl halides is 3. The molecule has 9 heteroatoms. The largest absolute Gasteiger partial charge is 0.491 e. The lowest BCUT2D eigenvalue weighted by atomic mass is 9.93. The molecule has 0 radical (unpaired) electrons. The van der Waals surface area contributed by atoms with Crippen molar-refractivity contribution in [3.8, 4) is 0 Å². The Bertz CT molecular complexity index is 528. The molecule has 0 N–H and O–H groups in total. The maximum absolute atomic E-state index is 12.0. The third-order valence-electron chi connectivity index (χ3n) is 3.38. The van der Waals surface area contributed by atoms with Crippen LogP contribution >= 0.6 is 0 Å². The first-order valence-corrected chi connectivity index (χ1v) is 6.69. The second-order valence-corrected chi connectivity index (χ2v) is 4.96. The van der Waals surface area contributed by atoms with E-state index in [1.807, 2.05) is 4.90 Å². The Labute approximate surface area is 124 Å². The SMILES string of the molecule is O=C(CC1CCN(c2cnccn2)CC1)OC(=O)C(F)(F)F. The number of ether oxygens (including phenoxy) is 1. The van der Waals surface area contributed by atoms with E-state index < -0.39 is 18.1 Å². The predicted octanol–water partition coefficient (Wildman–Crippen LogP) is 1.72. The van der Waals surface area contributed by atoms with E-state index in [0.29, 0.717) is 25.9 Å². The Morgan fingerprint density at radius 3 is 2.50 bits per heavy atom. The molecule has 0 unspecified atom stereocenters. The third-order valence-corrected chi connectivity index (χ3v) is 3.38. The molecule has 1 aromatic rings. The highest BCUT2D eigenvalue weighted by Crippen LogP contribution is 2.24. The van der Waals surface area contributed by atoms with Crippen LogP contribution in [0.1, 0.15) is 19.3 Å². The number of nitrogens with zero attached hydrogens (tertiary/aromatic N) is 3. The highest BCUT2D eigenvalue weighted by Gasteiger charge is 2.42. The molecule has 2 rings (SSSR count). The molecule has 0 aromatic carbocycles. The van der Waals surface area contributed by atoms with Gasteiger partial charge in [0.2, 0.25) is 0 Å². The number of hydrogen-bond donors (Lipinski definition) is 0. The first-order chi connectivity index (χ1) is 10.4. The van der Waals surface area contributed by atoms with Gasteiger partial charge in [0.15, 0.2) is 0 Å². The van der Waals surface area contributed by atoms with Crippen LogP contribution in [0.25, 0.3) is 0 Å². The van der Waals surface area contributed by atoms with Gasteiger partial charge in [0.1, 0.15) is 5.82 Å². The van der Waals surface area contributed by atoms with E-state index in [1.54, 1.807) is 18.6 Å². The maximum atomic E-state index is 12.0. The van der Waals surface area contributed by atoms with Crippen molar-refractivity contribution in [2.45, 2.75) is 25.4 Å². The number of piperidine rings is 1. The first-order valence-electron chi connectivity index (χ1n) is 6.69. The summed E-state index contributed by atoms with van der Waals surface area (Å²) in [6, 6.07) is 0. The van der Waals surface area contributed by atoms with E-state index in [1.165, 1.54) is 0 Å². The molecule has 120 valence electrons. The molecule has 0 aliphatic carbocycles. The zero-order chi connectivity index (χ0) is 16.2. The van der Waals surface area contributed by atoms with Crippen molar-refractivity contribution in [3.63, 3.8) is 0 Å². The van der Waals surface area contributed by atoms with Gasteiger partial charge in [-0.1, -0.05) is 0 Å². The molecule has 0 saturated carbocycles. The average Bonchev–Trinajstić information content (AvgIpc) is 2.48. The average molecular weight is 317 g/mol. The summed E-state index contributed by atoms with van der Waals surface area (Å²) >= 11 is 0. The number of rotatable bonds is 3. The Morgan fingerprint density at radius 1 is 1.27 bits per heavy atom. The molecule has 2 heterocycles. The van der Waals surface area contributed by atoms with Crippen LogP contribution < -0.4 is 4.90 Å². The van der Waals surface area contributed by atoms with Crippen molar-refractivity contribution in [1.29, 1.82) is 0 Å². The zero-order valence-corrected chi connectivity index (χ0v) is 11.5. The summed E-state index contributed by atoms with van der Waals surface area (Å²) < 4.78 is 39.7. The van der Waals surface area contributed by atoms with E-state index >= 15 is 0 Å². The summed E-state index contributed by atoms with van der Waals surface area (Å²) in [5.41, 5.74) is 0. The molecule has 0 bridgehead atoms. The van der Waals surface area contributed by atoms with Crippen LogP contribution in [0.2, 0.25) is 0 Å². The predicted molar refractivity (Wildman–Crippen MR) is 68.7 cm³/mol. The number of aromatic nitrogens is 2. The summed E-state index contributed by atoms with van der Waals surface area (Å²) in [4.78, 5) is 32.0. The second-order valence-electron chi connectivity index (χ2n) is 4.96. The molecule has 1 aliphatic rings. The molecule has 6 nitrogen and oxygen atoms in total. The fourth-order valence-electron chi connectivity index (χ4n) is 2.26. The van der Waals surface area contributed by atoms with Gasteiger partial charge in [-0.05, 0) is 18.8 Å². The van der Waals surface area contributed by atoms with Crippen LogP contribution in [-0.2, 0) is 14.3 Å². The summed E-state index contributed by atoms with van der Waals surface area (Å²) in [6.07, 6.45) is 0.612. The number of anilines is 1. The van der Waals surface area contributed by atoms with E-state index in [4.69, 9.17) is 0 Å². The van der Waals surface area contributed by atoms with Crippen molar-refractivity contribution in [2.75, 3.05) is 18.0 Å². The smallest absolute Gasteiger partial charge is 0.386 e. The van der Waals surface area contributed by atoms with Gasteiger partial charge in [0, 0.05) is 31.9 Å². The number of esters is 2. The lowest BCUT2D eigenvalue weighted by Crippen LogP contribution is -2.35. The minimum atomic E-state index is -5.15. The first kappa shape index (κ1) is 16.2. The molecule has 0 atom stereocenters. The van der Waals surface area contributed by atoms with Gasteiger partial charge in [-0.25, -0.2) is 9.78 Å². The Kier molecular flexibility index (Phi) is 4.94. The highest BCUT2D eigenvalue weighted by molar-refractivity contribution is 5.88. The summed E-state index contributed by atoms with van der Waals surface area (Å²) in [6.45, 7) is 1.23. The van der Waals surface area contributed by atoms with E-state index in [9.17, 15) is 22.8 Å². The molecule has 1 aromatic heterocycles. The quantitative estimate of drug-likeness (QED) is 0.624. The van der Waals surface area contributed by atoms with Gasteiger partial charge in [0.25, 0.3) is 0 Å². The van der Waals surface area contributed by atoms with Crippen LogP contribution in [0.3, 0.4) is 0 Å². The Morgan fingerprint density at radius 2 is 1.95 bits per heavy atom. The van der Waals surface area contributed by atoms with Crippen LogP contribution in [0, 0.1) is 5.92 Å². The van der Waals surface area contributed by atoms with E-state index in [-0.39, 0.29) is 12.3 Å². The zero-order valence-electron chi connectivity index (χ0n) is 11.5. The number of hydrogen-bond acceptors (Lipinski definition) is 6. The van der Waals surface area contributed by atoms with Gasteiger partial charge in [0.05, 0.1) is 6.20 Å². The van der Waals surface area contributed by atoms with Gasteiger partial charge < -0.3 is 9.64 Å². The van der Waals surface area contributed by atoms with E-state index in [0.717, 1.165) is 5.82 Å². The van der Waals surface area contributed by atoms with Gasteiger partial charge >= 0.3 is 18.1 Å². The minimum absolute atomic E-state index is 0.110. The normalized spacial score (nSPS) is 16.4. The molecule has 1 aliphatic heterocycles.